The van der Waals surface area contributed by atoms with Crippen LogP contribution in [0, 0.1) is 0 Å². The molecule has 0 bridgehead atoms. The molecule has 1 aromatic rings. The van der Waals surface area contributed by atoms with Gasteiger partial charge in [0.2, 0.25) is 23.1 Å². The van der Waals surface area contributed by atoms with Gasteiger partial charge in [0.25, 0.3) is 0 Å². The molecule has 0 fully saturated rings. The largest absolute Gasteiger partial charge is 0.451 e. The molecule has 2 heterocycles. The van der Waals surface area contributed by atoms with Gasteiger partial charge < -0.3 is 23.7 Å². The minimum atomic E-state index is -4.45. The summed E-state index contributed by atoms with van der Waals surface area (Å²) in [4.78, 5) is 12.3. The Bertz CT molecular complexity index is 903. The van der Waals surface area contributed by atoms with Gasteiger partial charge in [-0.1, -0.05) is 6.58 Å². The van der Waals surface area contributed by atoms with Crippen molar-refractivity contribution in [3.63, 3.8) is 0 Å². The molecule has 0 saturated heterocycles. The maximum absolute atomic E-state index is 13.1. The lowest BCUT2D eigenvalue weighted by Crippen LogP contribution is -2.33. The van der Waals surface area contributed by atoms with Crippen LogP contribution in [0.15, 0.2) is 18.2 Å². The van der Waals surface area contributed by atoms with E-state index >= 15 is 0 Å². The predicted octanol–water partition coefficient (Wildman–Crippen LogP) is 5.38. The number of halogens is 3. The molecule has 30 heavy (non-hydrogen) atoms. The molecule has 166 valence electrons. The van der Waals surface area contributed by atoms with E-state index in [1.807, 2.05) is 0 Å². The van der Waals surface area contributed by atoms with Gasteiger partial charge in [-0.15, -0.1) is 0 Å². The van der Waals surface area contributed by atoms with E-state index in [2.05, 4.69) is 6.58 Å². The number of rotatable bonds is 5. The number of carbonyl (C=O) groups excluding carboxylic acids is 1. The Labute approximate surface area is 172 Å². The number of benzene rings is 1. The third-order valence-corrected chi connectivity index (χ3v) is 4.68. The minimum Gasteiger partial charge on any atom is -0.451 e. The average molecular weight is 430 g/mol. The van der Waals surface area contributed by atoms with E-state index in [4.69, 9.17) is 23.7 Å². The Balaban J connectivity index is 2.15. The van der Waals surface area contributed by atoms with Gasteiger partial charge in [-0.05, 0) is 26.3 Å². The fourth-order valence-corrected chi connectivity index (χ4v) is 3.32. The highest BCUT2D eigenvalue weighted by molar-refractivity contribution is 5.87. The Hall–Kier alpha value is -2.58. The highest BCUT2D eigenvalue weighted by atomic mass is 19.4. The van der Waals surface area contributed by atoms with Crippen LogP contribution >= 0.6 is 0 Å². The monoisotopic (exact) mass is 430 g/mol. The Morgan fingerprint density at radius 2 is 1.53 bits per heavy atom. The number of hydrogen-bond acceptors (Lipinski definition) is 6. The molecule has 0 aromatic heterocycles. The smallest absolute Gasteiger partial charge is 0.389 e. The molecule has 1 unspecified atom stereocenters. The lowest BCUT2D eigenvalue weighted by Gasteiger charge is -2.32. The zero-order valence-corrected chi connectivity index (χ0v) is 17.8. The summed E-state index contributed by atoms with van der Waals surface area (Å²) in [7, 11) is 0. The summed E-state index contributed by atoms with van der Waals surface area (Å²) in [5.74, 6) is -2.03. The minimum absolute atomic E-state index is 0.0595. The lowest BCUT2D eigenvalue weighted by molar-refractivity contribution is -0.168. The normalized spacial score (nSPS) is 19.9. The first-order chi connectivity index (χ1) is 13.5. The molecule has 0 spiro atoms. The summed E-state index contributed by atoms with van der Waals surface area (Å²) in [5, 5.41) is 0. The fourth-order valence-electron chi connectivity index (χ4n) is 3.32. The van der Waals surface area contributed by atoms with Gasteiger partial charge in [0.15, 0.2) is 11.5 Å². The Kier molecular flexibility index (Phi) is 4.95. The van der Waals surface area contributed by atoms with Gasteiger partial charge in [0, 0.05) is 45.3 Å². The molecule has 6 nitrogen and oxygen atoms in total. The average Bonchev–Trinajstić information content (AvgIpc) is 3.05. The molecular weight excluding hydrogens is 405 g/mol. The summed E-state index contributed by atoms with van der Waals surface area (Å²) >= 11 is 0. The quantitative estimate of drug-likeness (QED) is 0.462. The summed E-state index contributed by atoms with van der Waals surface area (Å²) in [6.45, 7) is 13.0. The first-order valence-corrected chi connectivity index (χ1v) is 9.45. The van der Waals surface area contributed by atoms with Crippen LogP contribution in [-0.4, -0.2) is 23.7 Å². The van der Waals surface area contributed by atoms with Crippen LogP contribution in [0.5, 0.6) is 23.0 Å². The molecule has 0 radical (unpaired) electrons. The zero-order valence-electron chi connectivity index (χ0n) is 17.8. The van der Waals surface area contributed by atoms with Crippen molar-refractivity contribution in [2.75, 3.05) is 0 Å². The molecule has 0 N–H and O–H groups in total. The predicted molar refractivity (Wildman–Crippen MR) is 101 cm³/mol. The lowest BCUT2D eigenvalue weighted by atomic mass is 9.89. The molecule has 0 amide bonds. The second-order valence-corrected chi connectivity index (χ2v) is 8.63. The van der Waals surface area contributed by atoms with Crippen LogP contribution < -0.4 is 18.9 Å². The van der Waals surface area contributed by atoms with E-state index in [0.29, 0.717) is 0 Å². The van der Waals surface area contributed by atoms with Gasteiger partial charge in [-0.3, -0.25) is 0 Å². The van der Waals surface area contributed by atoms with E-state index < -0.39 is 42.2 Å². The Morgan fingerprint density at radius 3 is 2.10 bits per heavy atom. The van der Waals surface area contributed by atoms with Crippen molar-refractivity contribution >= 4 is 5.97 Å². The van der Waals surface area contributed by atoms with Crippen molar-refractivity contribution in [1.29, 1.82) is 0 Å². The van der Waals surface area contributed by atoms with E-state index in [9.17, 15) is 18.0 Å². The summed E-state index contributed by atoms with van der Waals surface area (Å²) in [6.07, 6.45) is -6.16. The van der Waals surface area contributed by atoms with E-state index in [0.717, 1.165) is 0 Å². The van der Waals surface area contributed by atoms with Crippen molar-refractivity contribution < 1.29 is 41.7 Å². The molecular formula is C21H25F3O6. The zero-order chi connectivity index (χ0) is 22.7. The standard InChI is InChI=1S/C21H25F3O6/c1-11(2)17(25)30-20(7,8-9-21(22,23)24)12-10-13-15(28-18(3,4)26-13)16-14(12)27-19(5,6)29-16/h10H,1,8-9H2,2-7H3. The van der Waals surface area contributed by atoms with Crippen LogP contribution in [0.25, 0.3) is 0 Å². The van der Waals surface area contributed by atoms with Gasteiger partial charge >= 0.3 is 12.1 Å². The van der Waals surface area contributed by atoms with Crippen LogP contribution in [-0.2, 0) is 15.1 Å². The summed E-state index contributed by atoms with van der Waals surface area (Å²) < 4.78 is 68.0. The molecule has 3 rings (SSSR count). The van der Waals surface area contributed by atoms with Crippen LogP contribution in [0.3, 0.4) is 0 Å². The number of alkyl halides is 3. The van der Waals surface area contributed by atoms with Crippen LogP contribution in [0.2, 0.25) is 0 Å². The van der Waals surface area contributed by atoms with Crippen molar-refractivity contribution in [3.8, 4) is 23.0 Å². The molecule has 9 heteroatoms. The third kappa shape index (κ3) is 4.29. The van der Waals surface area contributed by atoms with E-state index in [1.54, 1.807) is 27.7 Å². The summed E-state index contributed by atoms with van der Waals surface area (Å²) in [5.41, 5.74) is -1.43. The van der Waals surface area contributed by atoms with Crippen molar-refractivity contribution in [3.05, 3.63) is 23.8 Å². The molecule has 2 aliphatic heterocycles. The SMILES string of the molecule is C=C(C)C(=O)OC(C)(CCC(F)(F)F)c1cc2c(c3c1OC(C)(C)O3)OC(C)(C)O2. The molecule has 0 aliphatic carbocycles. The van der Waals surface area contributed by atoms with Crippen molar-refractivity contribution in [2.24, 2.45) is 0 Å². The molecule has 1 aromatic carbocycles. The van der Waals surface area contributed by atoms with Crippen molar-refractivity contribution in [1.82, 2.24) is 0 Å². The van der Waals surface area contributed by atoms with Crippen LogP contribution in [0.1, 0.15) is 59.9 Å². The summed E-state index contributed by atoms with van der Waals surface area (Å²) in [6, 6.07) is 1.48. The van der Waals surface area contributed by atoms with Gasteiger partial charge in [0.1, 0.15) is 5.60 Å². The first-order valence-electron chi connectivity index (χ1n) is 9.45. The number of esters is 1. The molecule has 2 aliphatic rings. The number of fused-ring (bicyclic) bond motifs is 3. The van der Waals surface area contributed by atoms with Crippen molar-refractivity contribution in [2.45, 2.75) is 77.7 Å². The number of carbonyl (C=O) groups is 1. The topological polar surface area (TPSA) is 63.2 Å². The van der Waals surface area contributed by atoms with E-state index in [1.165, 1.54) is 19.9 Å². The maximum atomic E-state index is 13.1. The highest BCUT2D eigenvalue weighted by Gasteiger charge is 2.48. The highest BCUT2D eigenvalue weighted by Crippen LogP contribution is 2.59. The molecule has 1 atom stereocenters. The maximum Gasteiger partial charge on any atom is 0.389 e. The first kappa shape index (κ1) is 22.1. The Morgan fingerprint density at radius 1 is 1.00 bits per heavy atom. The number of ether oxygens (including phenoxy) is 5. The van der Waals surface area contributed by atoms with Gasteiger partial charge in [-0.2, -0.15) is 13.2 Å². The second kappa shape index (κ2) is 6.72. The second-order valence-electron chi connectivity index (χ2n) is 8.63. The van der Waals surface area contributed by atoms with E-state index in [-0.39, 0.29) is 34.1 Å². The van der Waals surface area contributed by atoms with Gasteiger partial charge in [-0.25, -0.2) is 4.79 Å². The van der Waals surface area contributed by atoms with Crippen LogP contribution in [0.4, 0.5) is 13.2 Å². The fraction of sp³-hybridized carbons (Fsp3) is 0.571. The van der Waals surface area contributed by atoms with Gasteiger partial charge in [0.05, 0.1) is 0 Å². The molecule has 0 saturated carbocycles. The number of hydrogen-bond donors (Lipinski definition) is 0. The third-order valence-electron chi connectivity index (χ3n) is 4.68.